The largest absolute Gasteiger partial charge is 0.477 e. The van der Waals surface area contributed by atoms with Crippen LogP contribution in [0.1, 0.15) is 194 Å². The van der Waals surface area contributed by atoms with Crippen LogP contribution in [0.25, 0.3) is 0 Å². The highest BCUT2D eigenvalue weighted by atomic mass is 16.7. The summed E-state index contributed by atoms with van der Waals surface area (Å²) in [5, 5.41) is 9.68. The van der Waals surface area contributed by atoms with E-state index in [0.717, 1.165) is 116 Å². The number of aliphatic carboxylic acids is 1. The van der Waals surface area contributed by atoms with Gasteiger partial charge in [0.25, 0.3) is 6.29 Å². The average molecular weight is 963 g/mol. The Morgan fingerprint density at radius 1 is 0.449 bits per heavy atom. The number of quaternary nitrogens is 1. The Balaban J connectivity index is 4.39. The van der Waals surface area contributed by atoms with Gasteiger partial charge in [-0.25, -0.2) is 4.79 Å². The first-order chi connectivity index (χ1) is 33.6. The van der Waals surface area contributed by atoms with Gasteiger partial charge in [0.05, 0.1) is 34.4 Å². The Hall–Kier alpha value is -4.05. The lowest BCUT2D eigenvalue weighted by Crippen LogP contribution is -2.40. The molecule has 0 saturated carbocycles. The van der Waals surface area contributed by atoms with E-state index < -0.39 is 24.3 Å². The van der Waals surface area contributed by atoms with Gasteiger partial charge >= 0.3 is 17.9 Å². The molecule has 0 aliphatic rings. The quantitative estimate of drug-likeness (QED) is 0.0211. The van der Waals surface area contributed by atoms with Gasteiger partial charge < -0.3 is 28.5 Å². The zero-order valence-corrected chi connectivity index (χ0v) is 44.4. The summed E-state index contributed by atoms with van der Waals surface area (Å²) in [6.07, 6.45) is 65.8. The number of ether oxygens (including phenoxy) is 4. The Morgan fingerprint density at radius 2 is 0.826 bits per heavy atom. The van der Waals surface area contributed by atoms with E-state index in [4.69, 9.17) is 18.9 Å². The number of nitrogens with zero attached hydrogens (tertiary/aromatic N) is 1. The molecule has 0 saturated heterocycles. The van der Waals surface area contributed by atoms with Gasteiger partial charge in [0.2, 0.25) is 0 Å². The highest BCUT2D eigenvalue weighted by molar-refractivity contribution is 5.71. The lowest BCUT2D eigenvalue weighted by Gasteiger charge is -2.25. The predicted molar refractivity (Wildman–Crippen MR) is 290 cm³/mol. The number of carboxylic acids is 1. The molecule has 2 atom stereocenters. The number of likely N-dealkylation sites (N-methyl/N-ethyl adjacent to an activating group) is 1. The summed E-state index contributed by atoms with van der Waals surface area (Å²) < 4.78 is 22.8. The molecule has 0 fully saturated rings. The smallest absolute Gasteiger partial charge is 0.361 e. The van der Waals surface area contributed by atoms with Gasteiger partial charge in [0.1, 0.15) is 13.2 Å². The molecule has 0 amide bonds. The third-order valence-electron chi connectivity index (χ3n) is 11.0. The van der Waals surface area contributed by atoms with Crippen molar-refractivity contribution in [2.75, 3.05) is 47.5 Å². The second kappa shape index (κ2) is 50.3. The molecule has 9 nitrogen and oxygen atoms in total. The Bertz CT molecular complexity index is 1490. The molecule has 0 aromatic carbocycles. The predicted octanol–water partition coefficient (Wildman–Crippen LogP) is 15.6. The number of rotatable bonds is 48. The second-order valence-electron chi connectivity index (χ2n) is 18.8. The minimum atomic E-state index is -1.53. The van der Waals surface area contributed by atoms with Crippen LogP contribution in [0, 0.1) is 0 Å². The summed E-state index contributed by atoms with van der Waals surface area (Å²) in [5.74, 6) is -2.06. The van der Waals surface area contributed by atoms with Gasteiger partial charge in [-0.3, -0.25) is 9.59 Å². The molecule has 0 aromatic rings. The van der Waals surface area contributed by atoms with E-state index in [1.54, 1.807) is 0 Å². The molecule has 0 aromatic heterocycles. The van der Waals surface area contributed by atoms with Gasteiger partial charge in [-0.15, -0.1) is 0 Å². The number of carbonyl (C=O) groups is 3. The molecule has 0 aliphatic heterocycles. The minimum absolute atomic E-state index is 0.175. The number of hydrogen-bond donors (Lipinski definition) is 1. The number of hydrogen-bond acceptors (Lipinski definition) is 7. The number of esters is 2. The SMILES string of the molecule is CC/C=C\C/C=C\C/C=C\C/C=C\C/C=C\C/C=C\C/C=C\C/C=C\CCCCCCC(=O)OC(COC(=O)CCCCCCC/C=C\CCCCCCCC)COC(OCC[N+](C)(C)C)C(=O)O. The summed E-state index contributed by atoms with van der Waals surface area (Å²) in [6.45, 7) is 4.69. The molecule has 69 heavy (non-hydrogen) atoms. The maximum atomic E-state index is 12.8. The fourth-order valence-electron chi connectivity index (χ4n) is 6.84. The topological polar surface area (TPSA) is 108 Å². The van der Waals surface area contributed by atoms with Gasteiger partial charge in [-0.2, -0.15) is 0 Å². The van der Waals surface area contributed by atoms with Crippen LogP contribution in [0.5, 0.6) is 0 Å². The molecule has 2 unspecified atom stereocenters. The van der Waals surface area contributed by atoms with E-state index in [1.165, 1.54) is 44.9 Å². The second-order valence-corrected chi connectivity index (χ2v) is 18.8. The maximum Gasteiger partial charge on any atom is 0.361 e. The van der Waals surface area contributed by atoms with Crippen LogP contribution in [0.3, 0.4) is 0 Å². The zero-order chi connectivity index (χ0) is 50.6. The van der Waals surface area contributed by atoms with Gasteiger partial charge in [-0.1, -0.05) is 187 Å². The maximum absolute atomic E-state index is 12.8. The molecule has 0 rings (SSSR count). The molecular weight excluding hydrogens is 863 g/mol. The lowest BCUT2D eigenvalue weighted by atomic mass is 10.1. The van der Waals surface area contributed by atoms with E-state index >= 15 is 0 Å². The summed E-state index contributed by atoms with van der Waals surface area (Å²) in [7, 11) is 5.94. The van der Waals surface area contributed by atoms with Gasteiger partial charge in [0, 0.05) is 12.8 Å². The monoisotopic (exact) mass is 963 g/mol. The molecular formula is C60H100NO8+. The lowest BCUT2D eigenvalue weighted by molar-refractivity contribution is -0.870. The summed E-state index contributed by atoms with van der Waals surface area (Å²) >= 11 is 0. The van der Waals surface area contributed by atoms with Crippen molar-refractivity contribution in [3.05, 3.63) is 109 Å². The molecule has 0 radical (unpaired) electrons. The number of carboxylic acid groups (broad SMARTS) is 1. The molecule has 0 aliphatic carbocycles. The van der Waals surface area contributed by atoms with Crippen molar-refractivity contribution in [3.8, 4) is 0 Å². The van der Waals surface area contributed by atoms with E-state index in [9.17, 15) is 19.5 Å². The van der Waals surface area contributed by atoms with E-state index in [2.05, 4.69) is 123 Å². The third-order valence-corrected chi connectivity index (χ3v) is 11.0. The number of allylic oxidation sites excluding steroid dienone is 18. The van der Waals surface area contributed by atoms with Crippen molar-refractivity contribution in [2.24, 2.45) is 0 Å². The van der Waals surface area contributed by atoms with Crippen LogP contribution in [0.2, 0.25) is 0 Å². The molecule has 0 bridgehead atoms. The first-order valence-corrected chi connectivity index (χ1v) is 27.1. The average Bonchev–Trinajstić information content (AvgIpc) is 3.31. The van der Waals surface area contributed by atoms with Crippen LogP contribution >= 0.6 is 0 Å². The third kappa shape index (κ3) is 51.6. The highest BCUT2D eigenvalue weighted by Gasteiger charge is 2.25. The molecule has 0 spiro atoms. The molecule has 9 heteroatoms. The first kappa shape index (κ1) is 65.0. The van der Waals surface area contributed by atoms with Crippen LogP contribution < -0.4 is 0 Å². The van der Waals surface area contributed by atoms with Crippen LogP contribution in [-0.4, -0.2) is 87.4 Å². The molecule has 1 N–H and O–H groups in total. The van der Waals surface area contributed by atoms with Crippen molar-refractivity contribution in [1.29, 1.82) is 0 Å². The van der Waals surface area contributed by atoms with Crippen molar-refractivity contribution in [3.63, 3.8) is 0 Å². The zero-order valence-electron chi connectivity index (χ0n) is 44.4. The van der Waals surface area contributed by atoms with E-state index in [0.29, 0.717) is 17.4 Å². The number of unbranched alkanes of at least 4 members (excludes halogenated alkanes) is 15. The number of carbonyl (C=O) groups excluding carboxylic acids is 2. The standard InChI is InChI=1S/C60H99NO8/c1-6-8-10-12-14-16-18-20-22-23-24-25-26-27-28-29-30-31-32-33-34-35-37-39-41-43-45-47-49-51-58(63)69-56(55-68-60(59(64)65)66-53-52-61(3,4)5)54-67-57(62)50-48-46-44-42-40-38-36-21-19-17-15-13-11-9-7-2/h8,10,14,16,20-22,24-25,27-28,30-31,33-34,36-37,39,56,60H,6-7,9,11-13,15,17-19,23,26,29,32,35,38,40-55H2,1-5H3/p+1/b10-8-,16-14-,22-20-,25-24-,28-27-,31-30-,34-33-,36-21-,39-37-. The van der Waals surface area contributed by atoms with Crippen LogP contribution in [0.4, 0.5) is 0 Å². The Labute approximate surface area is 422 Å². The molecule has 392 valence electrons. The van der Waals surface area contributed by atoms with Gasteiger partial charge in [0.15, 0.2) is 6.10 Å². The highest BCUT2D eigenvalue weighted by Crippen LogP contribution is 2.13. The normalized spacial score (nSPS) is 13.7. The summed E-state index contributed by atoms with van der Waals surface area (Å²) in [6, 6.07) is 0. The van der Waals surface area contributed by atoms with Crippen molar-refractivity contribution in [1.82, 2.24) is 0 Å². The first-order valence-electron chi connectivity index (χ1n) is 27.1. The van der Waals surface area contributed by atoms with Crippen molar-refractivity contribution in [2.45, 2.75) is 206 Å². The minimum Gasteiger partial charge on any atom is -0.477 e. The fraction of sp³-hybridized carbons (Fsp3) is 0.650. The van der Waals surface area contributed by atoms with Gasteiger partial charge in [-0.05, 0) is 103 Å². The fourth-order valence-corrected chi connectivity index (χ4v) is 6.84. The Kier molecular flexibility index (Phi) is 47.4. The molecule has 0 heterocycles. The van der Waals surface area contributed by atoms with Crippen molar-refractivity contribution < 1.29 is 42.9 Å². The van der Waals surface area contributed by atoms with E-state index in [-0.39, 0.29) is 38.6 Å². The van der Waals surface area contributed by atoms with Crippen LogP contribution in [-0.2, 0) is 33.3 Å². The summed E-state index contributed by atoms with van der Waals surface area (Å²) in [5.41, 5.74) is 0. The summed E-state index contributed by atoms with van der Waals surface area (Å²) in [4.78, 5) is 37.3. The van der Waals surface area contributed by atoms with Crippen LogP contribution in [0.15, 0.2) is 109 Å². The van der Waals surface area contributed by atoms with E-state index in [1.807, 2.05) is 21.1 Å². The Morgan fingerprint density at radius 3 is 1.25 bits per heavy atom. The van der Waals surface area contributed by atoms with Crippen molar-refractivity contribution >= 4 is 17.9 Å².